The van der Waals surface area contributed by atoms with Crippen LogP contribution in [0.1, 0.15) is 16.8 Å². The van der Waals surface area contributed by atoms with Gasteiger partial charge in [-0.1, -0.05) is 0 Å². The van der Waals surface area contributed by atoms with Crippen molar-refractivity contribution in [3.8, 4) is 0 Å². The van der Waals surface area contributed by atoms with Crippen LogP contribution in [-0.4, -0.2) is 11.3 Å². The van der Waals surface area contributed by atoms with Crippen molar-refractivity contribution in [3.05, 3.63) is 29.1 Å². The van der Waals surface area contributed by atoms with Gasteiger partial charge in [0.25, 0.3) is 0 Å². The molecule has 0 aliphatic heterocycles. The van der Waals surface area contributed by atoms with Gasteiger partial charge in [0.2, 0.25) is 0 Å². The molecule has 7 heteroatoms. The Morgan fingerprint density at radius 1 is 1.44 bits per heavy atom. The van der Waals surface area contributed by atoms with Crippen LogP contribution in [0.15, 0.2) is 12.3 Å². The normalized spacial score (nSPS) is 11.1. The van der Waals surface area contributed by atoms with Crippen LogP contribution < -0.4 is 0 Å². The average Bonchev–Trinajstić information content (AvgIpc) is 2.15. The van der Waals surface area contributed by atoms with Crippen LogP contribution in [0.25, 0.3) is 0 Å². The number of hydrogen-bond donors (Lipinski definition) is 0. The number of hydrogen-bond acceptors (Lipinski definition) is 2. The van der Waals surface area contributed by atoms with E-state index in [2.05, 4.69) is 9.72 Å². The highest BCUT2D eigenvalue weighted by Crippen LogP contribution is 2.21. The fourth-order valence-corrected chi connectivity index (χ4v) is 1.34. The summed E-state index contributed by atoms with van der Waals surface area (Å²) in [6.45, 7) is 1.15. The molecule has 2 nitrogen and oxygen atoms in total. The highest BCUT2D eigenvalue weighted by Gasteiger charge is 2.29. The summed E-state index contributed by atoms with van der Waals surface area (Å²) in [6, 6.07) is 1.48. The number of pyridine rings is 1. The predicted octanol–water partition coefficient (Wildman–Crippen LogP) is 3.59. The fraction of sp³-hybridized carbons (Fsp3) is 0.444. The lowest BCUT2D eigenvalue weighted by Crippen LogP contribution is -2.13. The van der Waals surface area contributed by atoms with Crippen molar-refractivity contribution < 1.29 is 17.9 Å². The SMILES string of the molecule is Cc1c(COC(F)(F)F)ccnc1CCl.Cl. The quantitative estimate of drug-likeness (QED) is 0.787. The lowest BCUT2D eigenvalue weighted by Gasteiger charge is -2.10. The number of ether oxygens (including phenoxy) is 1. The minimum absolute atomic E-state index is 0. The lowest BCUT2D eigenvalue weighted by molar-refractivity contribution is -0.330. The molecule has 1 rings (SSSR count). The Morgan fingerprint density at radius 2 is 2.06 bits per heavy atom. The molecule has 0 aromatic carbocycles. The summed E-state index contributed by atoms with van der Waals surface area (Å²) in [5.41, 5.74) is 1.65. The molecule has 0 saturated heterocycles. The van der Waals surface area contributed by atoms with Crippen LogP contribution in [-0.2, 0) is 17.2 Å². The van der Waals surface area contributed by atoms with E-state index in [1.54, 1.807) is 6.92 Å². The largest absolute Gasteiger partial charge is 0.522 e. The third-order valence-electron chi connectivity index (χ3n) is 1.94. The van der Waals surface area contributed by atoms with E-state index >= 15 is 0 Å². The molecule has 0 aliphatic carbocycles. The van der Waals surface area contributed by atoms with E-state index in [1.807, 2.05) is 0 Å². The maximum Gasteiger partial charge on any atom is 0.522 e. The molecule has 0 bridgehead atoms. The van der Waals surface area contributed by atoms with Gasteiger partial charge in [0.15, 0.2) is 0 Å². The van der Waals surface area contributed by atoms with Gasteiger partial charge in [-0.2, -0.15) is 0 Å². The Bertz CT molecular complexity index is 344. The van der Waals surface area contributed by atoms with E-state index in [1.165, 1.54) is 12.3 Å². The molecule has 0 atom stereocenters. The highest BCUT2D eigenvalue weighted by molar-refractivity contribution is 6.17. The summed E-state index contributed by atoms with van der Waals surface area (Å²) >= 11 is 5.57. The van der Waals surface area contributed by atoms with Gasteiger partial charge in [-0.05, 0) is 24.1 Å². The highest BCUT2D eigenvalue weighted by atomic mass is 35.5. The molecule has 0 fully saturated rings. The van der Waals surface area contributed by atoms with Crippen LogP contribution in [0.4, 0.5) is 13.2 Å². The zero-order chi connectivity index (χ0) is 11.5. The number of rotatable bonds is 3. The van der Waals surface area contributed by atoms with E-state index in [9.17, 15) is 13.2 Å². The summed E-state index contributed by atoms with van der Waals surface area (Å²) in [6.07, 6.45) is -3.20. The number of alkyl halides is 4. The molecule has 92 valence electrons. The number of nitrogens with zero attached hydrogens (tertiary/aromatic N) is 1. The van der Waals surface area contributed by atoms with Gasteiger partial charge in [0.1, 0.15) is 0 Å². The van der Waals surface area contributed by atoms with Gasteiger partial charge in [-0.15, -0.1) is 37.2 Å². The topological polar surface area (TPSA) is 22.1 Å². The lowest BCUT2D eigenvalue weighted by atomic mass is 10.1. The van der Waals surface area contributed by atoms with Gasteiger partial charge >= 0.3 is 6.36 Å². The molecule has 0 saturated carbocycles. The molecule has 1 heterocycles. The van der Waals surface area contributed by atoms with Gasteiger partial charge in [0, 0.05) is 6.20 Å². The summed E-state index contributed by atoms with van der Waals surface area (Å²) < 4.78 is 39.1. The molecule has 0 N–H and O–H groups in total. The minimum atomic E-state index is -4.61. The maximum absolute atomic E-state index is 11.8. The Hall–Kier alpha value is -0.520. The molecular formula is C9H10Cl2F3NO. The Kier molecular flexibility index (Phi) is 6.07. The zero-order valence-corrected chi connectivity index (χ0v) is 9.92. The molecule has 0 unspecified atom stereocenters. The van der Waals surface area contributed by atoms with Crippen molar-refractivity contribution in [2.24, 2.45) is 0 Å². The van der Waals surface area contributed by atoms with Crippen molar-refractivity contribution in [2.75, 3.05) is 0 Å². The van der Waals surface area contributed by atoms with Crippen LogP contribution in [0.5, 0.6) is 0 Å². The average molecular weight is 276 g/mol. The Morgan fingerprint density at radius 3 is 2.56 bits per heavy atom. The first-order chi connectivity index (χ1) is 6.94. The van der Waals surface area contributed by atoms with Crippen LogP contribution in [0, 0.1) is 6.92 Å². The first kappa shape index (κ1) is 15.5. The number of aromatic nitrogens is 1. The first-order valence-corrected chi connectivity index (χ1v) is 4.67. The van der Waals surface area contributed by atoms with E-state index < -0.39 is 13.0 Å². The predicted molar refractivity (Wildman–Crippen MR) is 56.6 cm³/mol. The van der Waals surface area contributed by atoms with E-state index in [-0.39, 0.29) is 18.3 Å². The molecule has 1 aromatic rings. The van der Waals surface area contributed by atoms with Crippen molar-refractivity contribution >= 4 is 24.0 Å². The second-order valence-corrected chi connectivity index (χ2v) is 3.18. The fourth-order valence-electron chi connectivity index (χ4n) is 1.08. The summed E-state index contributed by atoms with van der Waals surface area (Å²) in [4.78, 5) is 3.93. The Balaban J connectivity index is 0.00000225. The smallest absolute Gasteiger partial charge is 0.287 e. The minimum Gasteiger partial charge on any atom is -0.287 e. The second-order valence-electron chi connectivity index (χ2n) is 2.91. The summed E-state index contributed by atoms with van der Waals surface area (Å²) in [5.74, 6) is 0.172. The van der Waals surface area contributed by atoms with Gasteiger partial charge in [-0.3, -0.25) is 9.72 Å². The number of halogens is 5. The molecule has 0 radical (unpaired) electrons. The molecular weight excluding hydrogens is 266 g/mol. The second kappa shape index (κ2) is 6.27. The summed E-state index contributed by atoms with van der Waals surface area (Å²) in [7, 11) is 0. The van der Waals surface area contributed by atoms with Gasteiger partial charge < -0.3 is 0 Å². The van der Waals surface area contributed by atoms with Crippen LogP contribution in [0.3, 0.4) is 0 Å². The molecule has 0 amide bonds. The van der Waals surface area contributed by atoms with E-state index in [0.717, 1.165) is 0 Å². The van der Waals surface area contributed by atoms with Crippen molar-refractivity contribution in [2.45, 2.75) is 25.8 Å². The van der Waals surface area contributed by atoms with Crippen LogP contribution >= 0.6 is 24.0 Å². The maximum atomic E-state index is 11.8. The molecule has 1 aromatic heterocycles. The van der Waals surface area contributed by atoms with E-state index in [0.29, 0.717) is 16.8 Å². The monoisotopic (exact) mass is 275 g/mol. The summed E-state index contributed by atoms with van der Waals surface area (Å²) in [5, 5.41) is 0. The third kappa shape index (κ3) is 4.55. The van der Waals surface area contributed by atoms with Crippen LogP contribution in [0.2, 0.25) is 0 Å². The van der Waals surface area contributed by atoms with E-state index in [4.69, 9.17) is 11.6 Å². The van der Waals surface area contributed by atoms with Crippen molar-refractivity contribution in [1.29, 1.82) is 0 Å². The third-order valence-corrected chi connectivity index (χ3v) is 2.19. The molecule has 0 spiro atoms. The Labute approximate surface area is 102 Å². The molecule has 0 aliphatic rings. The first-order valence-electron chi connectivity index (χ1n) is 4.14. The molecule has 16 heavy (non-hydrogen) atoms. The zero-order valence-electron chi connectivity index (χ0n) is 8.34. The standard InChI is InChI=1S/C9H9ClF3NO.ClH/c1-6-7(5-15-9(11,12)13)2-3-14-8(6)4-10;/h2-3H,4-5H2,1H3;1H. The van der Waals surface area contributed by atoms with Crippen molar-refractivity contribution in [3.63, 3.8) is 0 Å². The van der Waals surface area contributed by atoms with Gasteiger partial charge in [-0.25, -0.2) is 0 Å². The van der Waals surface area contributed by atoms with Crippen molar-refractivity contribution in [1.82, 2.24) is 4.98 Å². The van der Waals surface area contributed by atoms with Gasteiger partial charge in [0.05, 0.1) is 18.2 Å².